The van der Waals surface area contributed by atoms with Crippen LogP contribution in [0.2, 0.25) is 0 Å². The van der Waals surface area contributed by atoms with E-state index >= 15 is 0 Å². The number of aromatic nitrogens is 3. The average Bonchev–Trinajstić information content (AvgIpc) is 2.55. The SMILES string of the molecule is CP.c1cc2[nH]ncc2cn1. The third kappa shape index (κ3) is 1.75. The molecule has 58 valence electrons. The van der Waals surface area contributed by atoms with Gasteiger partial charge >= 0.3 is 0 Å². The molecule has 3 nitrogen and oxygen atoms in total. The van der Waals surface area contributed by atoms with Gasteiger partial charge in [-0.15, -0.1) is 9.24 Å². The van der Waals surface area contributed by atoms with Crippen molar-refractivity contribution in [3.05, 3.63) is 24.7 Å². The molecule has 1 N–H and O–H groups in total. The zero-order valence-electron chi connectivity index (χ0n) is 6.28. The van der Waals surface area contributed by atoms with E-state index in [2.05, 4.69) is 24.4 Å². The summed E-state index contributed by atoms with van der Waals surface area (Å²) < 4.78 is 0. The van der Waals surface area contributed by atoms with Gasteiger partial charge in [0.25, 0.3) is 0 Å². The average molecular weight is 167 g/mol. The van der Waals surface area contributed by atoms with E-state index in [1.54, 1.807) is 18.6 Å². The lowest BCUT2D eigenvalue weighted by Crippen LogP contribution is -1.68. The van der Waals surface area contributed by atoms with Crippen molar-refractivity contribution in [3.8, 4) is 0 Å². The Morgan fingerprint density at radius 1 is 1.36 bits per heavy atom. The maximum Gasteiger partial charge on any atom is 0.0681 e. The van der Waals surface area contributed by atoms with Crippen LogP contribution in [0.3, 0.4) is 0 Å². The molecule has 0 saturated heterocycles. The Bertz CT molecular complexity index is 288. The molecule has 11 heavy (non-hydrogen) atoms. The van der Waals surface area contributed by atoms with Gasteiger partial charge in [0.2, 0.25) is 0 Å². The molecule has 1 atom stereocenters. The molecular formula is C7H10N3P. The van der Waals surface area contributed by atoms with Crippen molar-refractivity contribution < 1.29 is 0 Å². The molecular weight excluding hydrogens is 157 g/mol. The summed E-state index contributed by atoms with van der Waals surface area (Å²) in [6.07, 6.45) is 5.27. The molecule has 2 heterocycles. The highest BCUT2D eigenvalue weighted by Crippen LogP contribution is 2.04. The quantitative estimate of drug-likeness (QED) is 0.603. The molecule has 0 amide bonds. The highest BCUT2D eigenvalue weighted by Gasteiger charge is 1.89. The molecule has 2 rings (SSSR count). The number of hydrogen-bond acceptors (Lipinski definition) is 2. The number of nitrogens with zero attached hydrogens (tertiary/aromatic N) is 2. The molecule has 1 unspecified atom stereocenters. The Balaban J connectivity index is 0.000000281. The predicted octanol–water partition coefficient (Wildman–Crippen LogP) is 1.45. The van der Waals surface area contributed by atoms with E-state index in [9.17, 15) is 0 Å². The lowest BCUT2D eigenvalue weighted by molar-refractivity contribution is 1.12. The summed E-state index contributed by atoms with van der Waals surface area (Å²) in [6.45, 7) is 1.92. The molecule has 0 aromatic carbocycles. The number of H-pyrrole nitrogens is 1. The van der Waals surface area contributed by atoms with Crippen LogP contribution in [0, 0.1) is 0 Å². The van der Waals surface area contributed by atoms with Crippen molar-refractivity contribution >= 4 is 20.1 Å². The second kappa shape index (κ2) is 4.04. The van der Waals surface area contributed by atoms with Crippen LogP contribution >= 0.6 is 9.24 Å². The van der Waals surface area contributed by atoms with Crippen LogP contribution in [0.4, 0.5) is 0 Å². The lowest BCUT2D eigenvalue weighted by Gasteiger charge is -1.80. The minimum absolute atomic E-state index is 1.03. The molecule has 4 heteroatoms. The van der Waals surface area contributed by atoms with Gasteiger partial charge in [0.1, 0.15) is 0 Å². The Morgan fingerprint density at radius 2 is 2.18 bits per heavy atom. The standard InChI is InChI=1S/C6H5N3.CH5P/c1-2-7-3-5-4-8-9-6(1)5;1-2/h1-4H,(H,8,9);2H2,1H3. The second-order valence-electron chi connectivity index (χ2n) is 1.83. The van der Waals surface area contributed by atoms with Crippen LogP contribution in [-0.2, 0) is 0 Å². The van der Waals surface area contributed by atoms with E-state index in [4.69, 9.17) is 0 Å². The third-order valence-corrected chi connectivity index (χ3v) is 1.24. The van der Waals surface area contributed by atoms with Gasteiger partial charge in [-0.05, 0) is 6.07 Å². The summed E-state index contributed by atoms with van der Waals surface area (Å²) >= 11 is 0. The lowest BCUT2D eigenvalue weighted by atomic mass is 10.3. The maximum absolute atomic E-state index is 3.93. The largest absolute Gasteiger partial charge is 0.278 e. The van der Waals surface area contributed by atoms with E-state index in [1.165, 1.54) is 0 Å². The molecule has 0 spiro atoms. The molecule has 2 aromatic rings. The fourth-order valence-electron chi connectivity index (χ4n) is 0.783. The molecule has 0 aliphatic carbocycles. The monoisotopic (exact) mass is 167 g/mol. The second-order valence-corrected chi connectivity index (χ2v) is 1.83. The normalized spacial score (nSPS) is 8.91. The number of hydrogen-bond donors (Lipinski definition) is 1. The topological polar surface area (TPSA) is 41.6 Å². The third-order valence-electron chi connectivity index (χ3n) is 1.24. The van der Waals surface area contributed by atoms with Crippen LogP contribution in [0.15, 0.2) is 24.7 Å². The van der Waals surface area contributed by atoms with Crippen LogP contribution in [-0.4, -0.2) is 21.8 Å². The van der Waals surface area contributed by atoms with E-state index in [-0.39, 0.29) is 0 Å². The first-order chi connectivity index (χ1) is 5.47. The van der Waals surface area contributed by atoms with Crippen molar-refractivity contribution in [3.63, 3.8) is 0 Å². The van der Waals surface area contributed by atoms with E-state index < -0.39 is 0 Å². The summed E-state index contributed by atoms with van der Waals surface area (Å²) in [5.41, 5.74) is 1.03. The number of pyridine rings is 1. The zero-order valence-corrected chi connectivity index (χ0v) is 7.44. The van der Waals surface area contributed by atoms with Crippen molar-refractivity contribution in [1.29, 1.82) is 0 Å². The minimum atomic E-state index is 1.03. The minimum Gasteiger partial charge on any atom is -0.278 e. The highest BCUT2D eigenvalue weighted by atomic mass is 31.0. The summed E-state index contributed by atoms with van der Waals surface area (Å²) in [6, 6.07) is 1.89. The number of aromatic amines is 1. The number of nitrogens with one attached hydrogen (secondary N) is 1. The first kappa shape index (κ1) is 8.15. The van der Waals surface area contributed by atoms with Crippen LogP contribution in [0.5, 0.6) is 0 Å². The molecule has 0 aliphatic rings. The molecule has 0 saturated carbocycles. The van der Waals surface area contributed by atoms with Gasteiger partial charge < -0.3 is 0 Å². The summed E-state index contributed by atoms with van der Waals surface area (Å²) in [5, 5.41) is 7.72. The van der Waals surface area contributed by atoms with Crippen molar-refractivity contribution in [1.82, 2.24) is 15.2 Å². The molecule has 0 fully saturated rings. The fraction of sp³-hybridized carbons (Fsp3) is 0.143. The first-order valence-electron chi connectivity index (χ1n) is 3.27. The van der Waals surface area contributed by atoms with Crippen molar-refractivity contribution in [2.45, 2.75) is 0 Å². The Hall–Kier alpha value is -0.950. The Kier molecular flexibility index (Phi) is 2.99. The Labute approximate surface area is 67.4 Å². The predicted molar refractivity (Wildman–Crippen MR) is 49.5 cm³/mol. The van der Waals surface area contributed by atoms with Gasteiger partial charge in [-0.1, -0.05) is 6.66 Å². The summed E-state index contributed by atoms with van der Waals surface area (Å²) in [7, 11) is 2.42. The molecule has 0 radical (unpaired) electrons. The van der Waals surface area contributed by atoms with Gasteiger partial charge in [0.05, 0.1) is 11.7 Å². The van der Waals surface area contributed by atoms with E-state index in [1.807, 2.05) is 12.7 Å². The maximum atomic E-state index is 3.93. The van der Waals surface area contributed by atoms with Gasteiger partial charge in [-0.3, -0.25) is 10.1 Å². The summed E-state index contributed by atoms with van der Waals surface area (Å²) in [4.78, 5) is 3.93. The van der Waals surface area contributed by atoms with Crippen molar-refractivity contribution in [2.24, 2.45) is 0 Å². The van der Waals surface area contributed by atoms with Gasteiger partial charge in [0.15, 0.2) is 0 Å². The Morgan fingerprint density at radius 3 is 2.91 bits per heavy atom. The zero-order chi connectivity index (χ0) is 8.10. The van der Waals surface area contributed by atoms with Gasteiger partial charge in [-0.2, -0.15) is 5.10 Å². The first-order valence-corrected chi connectivity index (χ1v) is 4.43. The van der Waals surface area contributed by atoms with Crippen LogP contribution in [0.25, 0.3) is 10.9 Å². The molecule has 2 aromatic heterocycles. The number of fused-ring (bicyclic) bond motifs is 1. The smallest absolute Gasteiger partial charge is 0.0681 e. The van der Waals surface area contributed by atoms with Crippen molar-refractivity contribution in [2.75, 3.05) is 6.66 Å². The van der Waals surface area contributed by atoms with E-state index in [0.717, 1.165) is 10.9 Å². The van der Waals surface area contributed by atoms with Crippen LogP contribution < -0.4 is 0 Å². The van der Waals surface area contributed by atoms with Gasteiger partial charge in [-0.25, -0.2) is 0 Å². The fourth-order valence-corrected chi connectivity index (χ4v) is 0.783. The molecule has 0 aliphatic heterocycles. The highest BCUT2D eigenvalue weighted by molar-refractivity contribution is 7.15. The van der Waals surface area contributed by atoms with Gasteiger partial charge in [0, 0.05) is 17.8 Å². The molecule has 0 bridgehead atoms. The summed E-state index contributed by atoms with van der Waals surface area (Å²) in [5.74, 6) is 0. The van der Waals surface area contributed by atoms with Crippen LogP contribution in [0.1, 0.15) is 0 Å². The number of rotatable bonds is 0. The van der Waals surface area contributed by atoms with E-state index in [0.29, 0.717) is 0 Å².